The van der Waals surface area contributed by atoms with E-state index in [1.807, 2.05) is 0 Å². The lowest BCUT2D eigenvalue weighted by Gasteiger charge is -2.07. The van der Waals surface area contributed by atoms with Crippen LogP contribution in [0.2, 0.25) is 0 Å². The van der Waals surface area contributed by atoms with Crippen LogP contribution in [0.1, 0.15) is 24.5 Å². The molecule has 0 amide bonds. The molecule has 0 saturated heterocycles. The quantitative estimate of drug-likeness (QED) is 0.873. The van der Waals surface area contributed by atoms with Crippen molar-refractivity contribution in [2.24, 2.45) is 5.92 Å². The maximum atomic E-state index is 3.57. The summed E-state index contributed by atoms with van der Waals surface area (Å²) < 4.78 is 1.17. The first-order valence-electron chi connectivity index (χ1n) is 5.15. The van der Waals surface area contributed by atoms with E-state index in [0.29, 0.717) is 0 Å². The molecule has 0 radical (unpaired) electrons. The van der Waals surface area contributed by atoms with Crippen molar-refractivity contribution in [2.75, 3.05) is 0 Å². The minimum atomic E-state index is 0.762. The molecule has 1 fully saturated rings. The Morgan fingerprint density at radius 2 is 2.21 bits per heavy atom. The first-order valence-corrected chi connectivity index (χ1v) is 5.94. The SMILES string of the molecule is Cc1cc(Br)ccc1CNC1CC1C. The van der Waals surface area contributed by atoms with Gasteiger partial charge in [0.05, 0.1) is 0 Å². The van der Waals surface area contributed by atoms with Gasteiger partial charge in [-0.3, -0.25) is 0 Å². The van der Waals surface area contributed by atoms with E-state index < -0.39 is 0 Å². The molecule has 1 aliphatic carbocycles. The topological polar surface area (TPSA) is 12.0 Å². The van der Waals surface area contributed by atoms with Gasteiger partial charge in [-0.1, -0.05) is 28.9 Å². The minimum Gasteiger partial charge on any atom is -0.310 e. The summed E-state index contributed by atoms with van der Waals surface area (Å²) in [6.07, 6.45) is 1.34. The zero-order chi connectivity index (χ0) is 10.1. The van der Waals surface area contributed by atoms with Crippen molar-refractivity contribution in [3.63, 3.8) is 0 Å². The van der Waals surface area contributed by atoms with Crippen LogP contribution in [0.5, 0.6) is 0 Å². The Labute approximate surface area is 94.0 Å². The Balaban J connectivity index is 1.95. The van der Waals surface area contributed by atoms with Gasteiger partial charge in [-0.2, -0.15) is 0 Å². The summed E-state index contributed by atoms with van der Waals surface area (Å²) in [6, 6.07) is 7.24. The first-order chi connectivity index (χ1) is 6.66. The van der Waals surface area contributed by atoms with Gasteiger partial charge in [0, 0.05) is 17.1 Å². The zero-order valence-corrected chi connectivity index (χ0v) is 10.3. The molecule has 1 nitrogen and oxygen atoms in total. The lowest BCUT2D eigenvalue weighted by molar-refractivity contribution is 0.650. The molecule has 0 aliphatic heterocycles. The van der Waals surface area contributed by atoms with E-state index in [0.717, 1.165) is 18.5 Å². The smallest absolute Gasteiger partial charge is 0.0210 e. The van der Waals surface area contributed by atoms with Crippen LogP contribution >= 0.6 is 15.9 Å². The summed E-state index contributed by atoms with van der Waals surface area (Å²) in [5.41, 5.74) is 2.77. The van der Waals surface area contributed by atoms with Gasteiger partial charge in [0.2, 0.25) is 0 Å². The Bertz CT molecular complexity index is 335. The van der Waals surface area contributed by atoms with Crippen LogP contribution in [0.3, 0.4) is 0 Å². The molecule has 0 bridgehead atoms. The van der Waals surface area contributed by atoms with E-state index >= 15 is 0 Å². The van der Waals surface area contributed by atoms with Gasteiger partial charge < -0.3 is 5.32 Å². The number of rotatable bonds is 3. The lowest BCUT2D eigenvalue weighted by atomic mass is 10.1. The van der Waals surface area contributed by atoms with E-state index in [1.165, 1.54) is 22.0 Å². The fraction of sp³-hybridized carbons (Fsp3) is 0.500. The molecule has 2 heteroatoms. The number of hydrogen-bond donors (Lipinski definition) is 1. The van der Waals surface area contributed by atoms with Crippen molar-refractivity contribution in [3.05, 3.63) is 33.8 Å². The largest absolute Gasteiger partial charge is 0.310 e. The monoisotopic (exact) mass is 253 g/mol. The van der Waals surface area contributed by atoms with E-state index in [2.05, 4.69) is 53.3 Å². The van der Waals surface area contributed by atoms with Gasteiger partial charge in [0.15, 0.2) is 0 Å². The van der Waals surface area contributed by atoms with Crippen molar-refractivity contribution in [1.29, 1.82) is 0 Å². The number of hydrogen-bond acceptors (Lipinski definition) is 1. The van der Waals surface area contributed by atoms with Gasteiger partial charge in [-0.25, -0.2) is 0 Å². The van der Waals surface area contributed by atoms with Gasteiger partial charge in [0.1, 0.15) is 0 Å². The Morgan fingerprint density at radius 1 is 1.50 bits per heavy atom. The molecule has 1 aromatic rings. The molecule has 1 N–H and O–H groups in total. The fourth-order valence-corrected chi connectivity index (χ4v) is 2.18. The Morgan fingerprint density at radius 3 is 2.79 bits per heavy atom. The molecule has 2 rings (SSSR count). The second-order valence-electron chi connectivity index (χ2n) is 4.27. The zero-order valence-electron chi connectivity index (χ0n) is 8.68. The van der Waals surface area contributed by atoms with Crippen molar-refractivity contribution in [3.8, 4) is 0 Å². The van der Waals surface area contributed by atoms with Crippen LogP contribution in [-0.4, -0.2) is 6.04 Å². The molecular formula is C12H16BrN. The van der Waals surface area contributed by atoms with Crippen LogP contribution < -0.4 is 5.32 Å². The van der Waals surface area contributed by atoms with E-state index in [-0.39, 0.29) is 0 Å². The van der Waals surface area contributed by atoms with Crippen LogP contribution in [0.25, 0.3) is 0 Å². The highest BCUT2D eigenvalue weighted by atomic mass is 79.9. The van der Waals surface area contributed by atoms with Crippen LogP contribution in [0.4, 0.5) is 0 Å². The average molecular weight is 254 g/mol. The van der Waals surface area contributed by atoms with E-state index in [1.54, 1.807) is 0 Å². The molecule has 0 heterocycles. The summed E-state index contributed by atoms with van der Waals surface area (Å²) in [6.45, 7) is 5.47. The molecule has 0 spiro atoms. The second-order valence-corrected chi connectivity index (χ2v) is 5.19. The molecule has 0 aromatic heterocycles. The van der Waals surface area contributed by atoms with Gasteiger partial charge in [0.25, 0.3) is 0 Å². The maximum absolute atomic E-state index is 3.57. The molecular weight excluding hydrogens is 238 g/mol. The minimum absolute atomic E-state index is 0.762. The Hall–Kier alpha value is -0.340. The highest BCUT2D eigenvalue weighted by molar-refractivity contribution is 9.10. The predicted molar refractivity (Wildman–Crippen MR) is 63.3 cm³/mol. The van der Waals surface area contributed by atoms with Crippen molar-refractivity contribution < 1.29 is 0 Å². The maximum Gasteiger partial charge on any atom is 0.0210 e. The predicted octanol–water partition coefficient (Wildman–Crippen LogP) is 3.26. The Kier molecular flexibility index (Phi) is 2.93. The van der Waals surface area contributed by atoms with Crippen molar-refractivity contribution in [2.45, 2.75) is 32.9 Å². The summed E-state index contributed by atoms with van der Waals surface area (Å²) in [5.74, 6) is 0.880. The number of benzene rings is 1. The molecule has 76 valence electrons. The number of aryl methyl sites for hydroxylation is 1. The van der Waals surface area contributed by atoms with Crippen molar-refractivity contribution in [1.82, 2.24) is 5.32 Å². The average Bonchev–Trinajstić information content (AvgIpc) is 2.80. The van der Waals surface area contributed by atoms with Crippen molar-refractivity contribution >= 4 is 15.9 Å². The van der Waals surface area contributed by atoms with Crippen LogP contribution in [-0.2, 0) is 6.54 Å². The fourth-order valence-electron chi connectivity index (χ4n) is 1.71. The highest BCUT2D eigenvalue weighted by Gasteiger charge is 2.31. The molecule has 1 aromatic carbocycles. The van der Waals surface area contributed by atoms with Crippen LogP contribution in [0.15, 0.2) is 22.7 Å². The first kappa shape index (κ1) is 10.2. The highest BCUT2D eigenvalue weighted by Crippen LogP contribution is 2.29. The van der Waals surface area contributed by atoms with Gasteiger partial charge >= 0.3 is 0 Å². The third-order valence-corrected chi connectivity index (χ3v) is 3.46. The molecule has 2 unspecified atom stereocenters. The summed E-state index contributed by atoms with van der Waals surface area (Å²) in [5, 5.41) is 3.57. The van der Waals surface area contributed by atoms with E-state index in [9.17, 15) is 0 Å². The number of nitrogens with one attached hydrogen (secondary N) is 1. The standard InChI is InChI=1S/C12H16BrN/c1-8-5-11(13)4-3-10(8)7-14-12-6-9(12)2/h3-5,9,12,14H,6-7H2,1-2H3. The normalized spacial score (nSPS) is 25.1. The number of halogens is 1. The molecule has 1 saturated carbocycles. The third-order valence-electron chi connectivity index (χ3n) is 2.97. The van der Waals surface area contributed by atoms with Gasteiger partial charge in [-0.15, -0.1) is 0 Å². The molecule has 1 aliphatic rings. The van der Waals surface area contributed by atoms with Gasteiger partial charge in [-0.05, 0) is 42.5 Å². The third kappa shape index (κ3) is 2.37. The lowest BCUT2D eigenvalue weighted by Crippen LogP contribution is -2.17. The molecule has 14 heavy (non-hydrogen) atoms. The van der Waals surface area contributed by atoms with E-state index in [4.69, 9.17) is 0 Å². The van der Waals surface area contributed by atoms with Crippen LogP contribution in [0, 0.1) is 12.8 Å². The molecule has 2 atom stereocenters. The second kappa shape index (κ2) is 4.03. The summed E-state index contributed by atoms with van der Waals surface area (Å²) in [7, 11) is 0. The summed E-state index contributed by atoms with van der Waals surface area (Å²) in [4.78, 5) is 0. The summed E-state index contributed by atoms with van der Waals surface area (Å²) >= 11 is 3.48.